The number of pyridine rings is 2. The van der Waals surface area contributed by atoms with Gasteiger partial charge in [-0.3, -0.25) is 20.0 Å². The van der Waals surface area contributed by atoms with Crippen LogP contribution in [0.15, 0.2) is 105 Å². The Hall–Kier alpha value is -6.14. The fraction of sp³-hybridized carbons (Fsp3) is 0.269. The number of aryl methyl sites for hydroxylation is 10. The molecule has 2 aromatic heterocycles. The quantitative estimate of drug-likeness (QED) is 0.137. The van der Waals surface area contributed by atoms with Crippen molar-refractivity contribution < 1.29 is 0 Å². The Bertz CT molecular complexity index is 2430. The SMILES string of the molecule is CC(=Nc1c(C)cc(C)cc1C)c1cccc(C(C)=Nc2c(C)cc(-c3cc(C)c(N=C(C)c4cccc(C(C)=Nc5c(C)cc(C)cc5C)n4)c(C)c3)cc2C)n1. The summed E-state index contributed by atoms with van der Waals surface area (Å²) in [5.74, 6) is 0. The van der Waals surface area contributed by atoms with E-state index >= 15 is 0 Å². The minimum Gasteiger partial charge on any atom is -0.251 e. The molecule has 294 valence electrons. The zero-order valence-electron chi connectivity index (χ0n) is 36.8. The van der Waals surface area contributed by atoms with Crippen LogP contribution in [-0.2, 0) is 0 Å². The average Bonchev–Trinajstić information content (AvgIpc) is 3.16. The zero-order valence-corrected chi connectivity index (χ0v) is 36.8. The van der Waals surface area contributed by atoms with Crippen LogP contribution in [0.5, 0.6) is 0 Å². The summed E-state index contributed by atoms with van der Waals surface area (Å²) >= 11 is 0. The number of nitrogens with zero attached hydrogens (tertiary/aromatic N) is 6. The van der Waals surface area contributed by atoms with Gasteiger partial charge in [-0.05, 0) is 201 Å². The van der Waals surface area contributed by atoms with Gasteiger partial charge in [0.25, 0.3) is 0 Å². The van der Waals surface area contributed by atoms with Gasteiger partial charge in [-0.2, -0.15) is 0 Å². The molecule has 0 unspecified atom stereocenters. The molecule has 0 saturated carbocycles. The van der Waals surface area contributed by atoms with Crippen LogP contribution in [0.25, 0.3) is 11.1 Å². The second-order valence-corrected chi connectivity index (χ2v) is 16.0. The highest BCUT2D eigenvalue weighted by Crippen LogP contribution is 2.35. The highest BCUT2D eigenvalue weighted by Gasteiger charge is 2.14. The van der Waals surface area contributed by atoms with E-state index in [1.807, 2.05) is 64.1 Å². The van der Waals surface area contributed by atoms with E-state index in [1.165, 1.54) is 33.4 Å². The van der Waals surface area contributed by atoms with Crippen LogP contribution in [0.3, 0.4) is 0 Å². The molecule has 0 aliphatic rings. The van der Waals surface area contributed by atoms with Crippen molar-refractivity contribution in [2.24, 2.45) is 20.0 Å². The summed E-state index contributed by atoms with van der Waals surface area (Å²) in [5.41, 5.74) is 24.7. The number of rotatable bonds is 9. The molecule has 0 spiro atoms. The summed E-state index contributed by atoms with van der Waals surface area (Å²) in [4.78, 5) is 30.2. The van der Waals surface area contributed by atoms with Gasteiger partial charge in [0.05, 0.1) is 68.4 Å². The molecule has 6 nitrogen and oxygen atoms in total. The third-order valence-electron chi connectivity index (χ3n) is 10.7. The molecular weight excluding hydrogens is 709 g/mol. The third-order valence-corrected chi connectivity index (χ3v) is 10.7. The fourth-order valence-electron chi connectivity index (χ4n) is 7.87. The van der Waals surface area contributed by atoms with Crippen LogP contribution in [0.1, 0.15) is 106 Å². The van der Waals surface area contributed by atoms with Gasteiger partial charge in [0.15, 0.2) is 0 Å². The van der Waals surface area contributed by atoms with E-state index in [1.54, 1.807) is 0 Å². The van der Waals surface area contributed by atoms with Crippen molar-refractivity contribution in [1.82, 2.24) is 9.97 Å². The van der Waals surface area contributed by atoms with Gasteiger partial charge in [-0.15, -0.1) is 0 Å². The number of aromatic nitrogens is 2. The molecule has 6 rings (SSSR count). The molecule has 0 aliphatic carbocycles. The second kappa shape index (κ2) is 17.2. The molecule has 0 atom stereocenters. The first-order valence-electron chi connectivity index (χ1n) is 20.0. The molecule has 6 heteroatoms. The van der Waals surface area contributed by atoms with Crippen molar-refractivity contribution in [3.8, 4) is 11.1 Å². The van der Waals surface area contributed by atoms with Crippen molar-refractivity contribution in [1.29, 1.82) is 0 Å². The van der Waals surface area contributed by atoms with Gasteiger partial charge in [-0.25, -0.2) is 9.97 Å². The molecule has 6 aromatic rings. The number of hydrogen-bond donors (Lipinski definition) is 0. The molecule has 0 bridgehead atoms. The number of hydrogen-bond acceptors (Lipinski definition) is 6. The van der Waals surface area contributed by atoms with Crippen molar-refractivity contribution in [2.45, 2.75) is 96.9 Å². The summed E-state index contributed by atoms with van der Waals surface area (Å²) in [6, 6.07) is 29.8. The first kappa shape index (κ1) is 41.5. The lowest BCUT2D eigenvalue weighted by Gasteiger charge is -2.14. The maximum Gasteiger partial charge on any atom is 0.0849 e. The van der Waals surface area contributed by atoms with Gasteiger partial charge in [0, 0.05) is 0 Å². The summed E-state index contributed by atoms with van der Waals surface area (Å²) in [7, 11) is 0. The van der Waals surface area contributed by atoms with E-state index in [-0.39, 0.29) is 0 Å². The van der Waals surface area contributed by atoms with Crippen molar-refractivity contribution in [3.63, 3.8) is 0 Å². The first-order valence-corrected chi connectivity index (χ1v) is 20.0. The Morgan fingerprint density at radius 2 is 0.534 bits per heavy atom. The highest BCUT2D eigenvalue weighted by atomic mass is 14.9. The van der Waals surface area contributed by atoms with Gasteiger partial charge >= 0.3 is 0 Å². The minimum atomic E-state index is 0.836. The Kier molecular flexibility index (Phi) is 12.3. The molecule has 58 heavy (non-hydrogen) atoms. The normalized spacial score (nSPS) is 12.7. The van der Waals surface area contributed by atoms with Gasteiger partial charge in [-0.1, -0.05) is 47.5 Å². The molecule has 0 radical (unpaired) electrons. The molecule has 0 fully saturated rings. The Morgan fingerprint density at radius 1 is 0.328 bits per heavy atom. The summed E-state index contributed by atoms with van der Waals surface area (Å²) in [5, 5.41) is 0. The third kappa shape index (κ3) is 9.18. The number of benzene rings is 4. The Labute approximate surface area is 345 Å². The lowest BCUT2D eigenvalue weighted by atomic mass is 9.95. The molecule has 4 aromatic carbocycles. The van der Waals surface area contributed by atoms with Crippen LogP contribution in [0.2, 0.25) is 0 Å². The summed E-state index contributed by atoms with van der Waals surface area (Å²) in [6.45, 7) is 29.3. The van der Waals surface area contributed by atoms with Crippen molar-refractivity contribution >= 4 is 45.6 Å². The Morgan fingerprint density at radius 3 is 0.759 bits per heavy atom. The van der Waals surface area contributed by atoms with Gasteiger partial charge in [0.2, 0.25) is 0 Å². The van der Waals surface area contributed by atoms with E-state index in [9.17, 15) is 0 Å². The van der Waals surface area contributed by atoms with Gasteiger partial charge < -0.3 is 0 Å². The molecule has 0 N–H and O–H groups in total. The maximum absolute atomic E-state index is 5.13. The topological polar surface area (TPSA) is 75.2 Å². The van der Waals surface area contributed by atoms with Crippen molar-refractivity contribution in [3.05, 3.63) is 163 Å². The average molecular weight is 765 g/mol. The van der Waals surface area contributed by atoms with Crippen LogP contribution < -0.4 is 0 Å². The zero-order chi connectivity index (χ0) is 42.0. The van der Waals surface area contributed by atoms with Crippen LogP contribution in [0, 0.1) is 69.2 Å². The lowest BCUT2D eigenvalue weighted by Crippen LogP contribution is -2.05. The molecule has 0 saturated heterocycles. The predicted octanol–water partition coefficient (Wildman–Crippen LogP) is 13.8. The minimum absolute atomic E-state index is 0.836. The Balaban J connectivity index is 1.24. The first-order chi connectivity index (χ1) is 27.5. The second-order valence-electron chi connectivity index (χ2n) is 16.0. The van der Waals surface area contributed by atoms with Gasteiger partial charge in [0.1, 0.15) is 0 Å². The van der Waals surface area contributed by atoms with E-state index in [2.05, 4.69) is 118 Å². The largest absolute Gasteiger partial charge is 0.251 e. The predicted molar refractivity (Wildman–Crippen MR) is 248 cm³/mol. The maximum atomic E-state index is 5.13. The number of aliphatic imine (C=N–C) groups is 4. The smallest absolute Gasteiger partial charge is 0.0849 e. The van der Waals surface area contributed by atoms with Crippen LogP contribution in [0.4, 0.5) is 22.7 Å². The van der Waals surface area contributed by atoms with E-state index in [4.69, 9.17) is 29.9 Å². The lowest BCUT2D eigenvalue weighted by molar-refractivity contribution is 1.22. The standard InChI is InChI=1S/C52H56N6/c1-29-21-31(3)49(32(4)22-29)53-39(11)45-17-15-19-47(57-45)41(13)55-51-35(7)25-43(26-36(51)8)44-27-37(9)52(38(10)28-44)56-42(14)48-20-16-18-46(58-48)40(12)54-50-33(5)23-30(2)24-34(50)6/h15-28H,1-14H3. The van der Waals surface area contributed by atoms with Crippen LogP contribution >= 0.6 is 0 Å². The fourth-order valence-corrected chi connectivity index (χ4v) is 7.87. The summed E-state index contributed by atoms with van der Waals surface area (Å²) in [6.07, 6.45) is 0. The highest BCUT2D eigenvalue weighted by molar-refractivity contribution is 6.04. The van der Waals surface area contributed by atoms with Crippen LogP contribution in [-0.4, -0.2) is 32.8 Å². The molecule has 0 aliphatic heterocycles. The van der Waals surface area contributed by atoms with Crippen molar-refractivity contribution in [2.75, 3.05) is 0 Å². The monoisotopic (exact) mass is 764 g/mol. The molecular formula is C52H56N6. The van der Waals surface area contributed by atoms with E-state index < -0.39 is 0 Å². The summed E-state index contributed by atoms with van der Waals surface area (Å²) < 4.78 is 0. The van der Waals surface area contributed by atoms with E-state index in [0.29, 0.717) is 0 Å². The molecule has 2 heterocycles. The molecule has 0 amide bonds. The van der Waals surface area contributed by atoms with E-state index in [0.717, 1.165) is 102 Å².